The van der Waals surface area contributed by atoms with Crippen LogP contribution in [0, 0.1) is 13.8 Å². The van der Waals surface area contributed by atoms with Gasteiger partial charge in [0, 0.05) is 29.9 Å². The van der Waals surface area contributed by atoms with Crippen LogP contribution in [0.5, 0.6) is 0 Å². The van der Waals surface area contributed by atoms with Gasteiger partial charge in [-0.1, -0.05) is 0 Å². The zero-order chi connectivity index (χ0) is 17.5. The quantitative estimate of drug-likeness (QED) is 0.652. The third kappa shape index (κ3) is 2.95. The Kier molecular flexibility index (Phi) is 3.98. The molecule has 3 aromatic heterocycles. The molecule has 0 spiro atoms. The summed E-state index contributed by atoms with van der Waals surface area (Å²) < 4.78 is 33.0. The average Bonchev–Trinajstić information content (AvgIpc) is 3.09. The van der Waals surface area contributed by atoms with E-state index in [1.165, 1.54) is 6.20 Å². The van der Waals surface area contributed by atoms with Crippen LogP contribution in [-0.4, -0.2) is 30.0 Å². The van der Waals surface area contributed by atoms with Gasteiger partial charge in [-0.2, -0.15) is 0 Å². The Labute approximate surface area is 139 Å². The first-order chi connectivity index (χ1) is 11.2. The predicted octanol–water partition coefficient (Wildman–Crippen LogP) is 1.96. The highest BCUT2D eigenvalue weighted by atomic mass is 32.2. The molecular formula is C16H19N3O4S. The Balaban J connectivity index is 1.86. The second-order valence-corrected chi connectivity index (χ2v) is 7.71. The molecule has 24 heavy (non-hydrogen) atoms. The largest absolute Gasteiger partial charge is 0.466 e. The third-order valence-electron chi connectivity index (χ3n) is 3.93. The lowest BCUT2D eigenvalue weighted by Crippen LogP contribution is -2.38. The normalized spacial score (nSPS) is 14.8. The van der Waals surface area contributed by atoms with Crippen molar-refractivity contribution in [1.29, 1.82) is 0 Å². The molecule has 3 aromatic rings. The van der Waals surface area contributed by atoms with E-state index in [1.54, 1.807) is 45.2 Å². The van der Waals surface area contributed by atoms with Gasteiger partial charge < -0.3 is 14.5 Å². The first-order valence-corrected chi connectivity index (χ1v) is 8.91. The zero-order valence-corrected chi connectivity index (χ0v) is 14.4. The van der Waals surface area contributed by atoms with Crippen LogP contribution in [0.1, 0.15) is 24.0 Å². The van der Waals surface area contributed by atoms with Gasteiger partial charge >= 0.3 is 0 Å². The van der Waals surface area contributed by atoms with E-state index >= 15 is 0 Å². The maximum absolute atomic E-state index is 12.6. The minimum Gasteiger partial charge on any atom is -0.466 e. The van der Waals surface area contributed by atoms with E-state index in [9.17, 15) is 13.5 Å². The van der Waals surface area contributed by atoms with E-state index in [-0.39, 0.29) is 11.4 Å². The van der Waals surface area contributed by atoms with Crippen molar-refractivity contribution in [1.82, 2.24) is 14.7 Å². The van der Waals surface area contributed by atoms with Crippen LogP contribution in [0.15, 0.2) is 39.9 Å². The molecule has 0 aliphatic rings. The van der Waals surface area contributed by atoms with Crippen molar-refractivity contribution in [2.45, 2.75) is 31.3 Å². The fourth-order valence-electron chi connectivity index (χ4n) is 2.73. The Morgan fingerprint density at radius 2 is 2.17 bits per heavy atom. The Morgan fingerprint density at radius 3 is 2.83 bits per heavy atom. The number of hydrogen-bond donors (Lipinski definition) is 3. The van der Waals surface area contributed by atoms with E-state index in [4.69, 9.17) is 4.42 Å². The molecule has 0 aliphatic heterocycles. The number of aryl methyl sites for hydroxylation is 2. The molecule has 3 rings (SSSR count). The van der Waals surface area contributed by atoms with E-state index in [1.807, 2.05) is 0 Å². The number of nitrogens with zero attached hydrogens (tertiary/aromatic N) is 1. The molecular weight excluding hydrogens is 330 g/mol. The maximum Gasteiger partial charge on any atom is 0.242 e. The summed E-state index contributed by atoms with van der Waals surface area (Å²) in [5.41, 5.74) is -0.339. The number of nitrogens with one attached hydrogen (secondary N) is 2. The molecule has 0 aliphatic carbocycles. The molecule has 0 saturated heterocycles. The molecule has 0 aromatic carbocycles. The van der Waals surface area contributed by atoms with Crippen LogP contribution in [-0.2, 0) is 15.6 Å². The Bertz CT molecular complexity index is 986. The van der Waals surface area contributed by atoms with Crippen LogP contribution >= 0.6 is 0 Å². The topological polar surface area (TPSA) is 108 Å². The second kappa shape index (κ2) is 5.73. The third-order valence-corrected chi connectivity index (χ3v) is 5.37. The minimum atomic E-state index is -3.80. The van der Waals surface area contributed by atoms with Crippen molar-refractivity contribution in [3.8, 4) is 0 Å². The summed E-state index contributed by atoms with van der Waals surface area (Å²) in [4.78, 5) is 7.00. The molecule has 0 amide bonds. The summed E-state index contributed by atoms with van der Waals surface area (Å²) >= 11 is 0. The number of aromatic nitrogens is 2. The summed E-state index contributed by atoms with van der Waals surface area (Å²) in [5, 5.41) is 11.1. The van der Waals surface area contributed by atoms with Crippen molar-refractivity contribution >= 4 is 21.1 Å². The average molecular weight is 349 g/mol. The van der Waals surface area contributed by atoms with Crippen LogP contribution in [0.3, 0.4) is 0 Å². The number of pyridine rings is 1. The number of aromatic amines is 1. The molecule has 3 N–H and O–H groups in total. The molecule has 128 valence electrons. The van der Waals surface area contributed by atoms with Gasteiger partial charge in [-0.15, -0.1) is 0 Å². The second-order valence-electron chi connectivity index (χ2n) is 5.98. The number of fused-ring (bicyclic) bond motifs is 1. The number of rotatable bonds is 5. The summed E-state index contributed by atoms with van der Waals surface area (Å²) in [5.74, 6) is 1.22. The highest BCUT2D eigenvalue weighted by Gasteiger charge is 2.30. The fourth-order valence-corrected chi connectivity index (χ4v) is 4.02. The smallest absolute Gasteiger partial charge is 0.242 e. The van der Waals surface area contributed by atoms with Gasteiger partial charge in [0.25, 0.3) is 0 Å². The van der Waals surface area contributed by atoms with Gasteiger partial charge in [0.05, 0.1) is 0 Å². The van der Waals surface area contributed by atoms with Gasteiger partial charge in [-0.3, -0.25) is 0 Å². The van der Waals surface area contributed by atoms with Gasteiger partial charge in [0.1, 0.15) is 27.7 Å². The monoisotopic (exact) mass is 349 g/mol. The van der Waals surface area contributed by atoms with Crippen molar-refractivity contribution in [3.63, 3.8) is 0 Å². The molecule has 1 unspecified atom stereocenters. The number of furan rings is 1. The number of hydrogen-bond acceptors (Lipinski definition) is 5. The van der Waals surface area contributed by atoms with Crippen molar-refractivity contribution in [2.24, 2.45) is 0 Å². The zero-order valence-electron chi connectivity index (χ0n) is 13.6. The first kappa shape index (κ1) is 16.7. The molecule has 8 heteroatoms. The van der Waals surface area contributed by atoms with Gasteiger partial charge in [0.15, 0.2) is 0 Å². The van der Waals surface area contributed by atoms with Gasteiger partial charge in [-0.25, -0.2) is 18.1 Å². The molecule has 0 bridgehead atoms. The molecule has 0 fully saturated rings. The van der Waals surface area contributed by atoms with E-state index in [0.717, 1.165) is 0 Å². The van der Waals surface area contributed by atoms with Crippen LogP contribution in [0.4, 0.5) is 0 Å². The van der Waals surface area contributed by atoms with Crippen molar-refractivity contribution < 1.29 is 17.9 Å². The summed E-state index contributed by atoms with van der Waals surface area (Å²) in [7, 11) is -3.80. The van der Waals surface area contributed by atoms with Crippen molar-refractivity contribution in [2.75, 3.05) is 6.54 Å². The predicted molar refractivity (Wildman–Crippen MR) is 89.0 cm³/mol. The first-order valence-electron chi connectivity index (χ1n) is 7.42. The molecule has 0 saturated carbocycles. The molecule has 1 atom stereocenters. The Hall–Kier alpha value is -2.16. The summed E-state index contributed by atoms with van der Waals surface area (Å²) in [6.07, 6.45) is 2.97. The van der Waals surface area contributed by atoms with Crippen molar-refractivity contribution in [3.05, 3.63) is 47.7 Å². The summed E-state index contributed by atoms with van der Waals surface area (Å²) in [6, 6.07) is 5.05. The molecule has 7 nitrogen and oxygen atoms in total. The lowest BCUT2D eigenvalue weighted by molar-refractivity contribution is 0.0612. The fraction of sp³-hybridized carbons (Fsp3) is 0.312. The number of aliphatic hydroxyl groups is 1. The lowest BCUT2D eigenvalue weighted by Gasteiger charge is -2.23. The standard InChI is InChI=1S/C16H19N3O4S/c1-10-7-13(11(2)23-10)16(3,20)9-19-24(21,22)14-8-18-15-12(14)5-4-6-17-15/h4-8,19-20H,9H2,1-3H3,(H,17,18). The number of H-pyrrole nitrogens is 1. The maximum atomic E-state index is 12.6. The highest BCUT2D eigenvalue weighted by molar-refractivity contribution is 7.89. The van der Waals surface area contributed by atoms with E-state index < -0.39 is 15.6 Å². The molecule has 0 radical (unpaired) electrons. The van der Waals surface area contributed by atoms with E-state index in [2.05, 4.69) is 14.7 Å². The Morgan fingerprint density at radius 1 is 1.42 bits per heavy atom. The lowest BCUT2D eigenvalue weighted by atomic mass is 9.97. The van der Waals surface area contributed by atoms with Crippen LogP contribution in [0.25, 0.3) is 11.0 Å². The summed E-state index contributed by atoms with van der Waals surface area (Å²) in [6.45, 7) is 4.87. The molecule has 3 heterocycles. The van der Waals surface area contributed by atoms with Crippen LogP contribution < -0.4 is 4.72 Å². The van der Waals surface area contributed by atoms with Gasteiger partial charge in [-0.05, 0) is 39.0 Å². The SMILES string of the molecule is Cc1cc(C(C)(O)CNS(=O)(=O)c2c[nH]c3ncccc23)c(C)o1. The minimum absolute atomic E-state index is 0.0986. The highest BCUT2D eigenvalue weighted by Crippen LogP contribution is 2.27. The van der Waals surface area contributed by atoms with E-state index in [0.29, 0.717) is 28.1 Å². The number of sulfonamides is 1. The van der Waals surface area contributed by atoms with Gasteiger partial charge in [0.2, 0.25) is 10.0 Å². The van der Waals surface area contributed by atoms with Crippen LogP contribution in [0.2, 0.25) is 0 Å².